The SMILES string of the molecule is NCC(CNC1CCCC1)c1cccs1. The van der Waals surface area contributed by atoms with Crippen molar-refractivity contribution >= 4 is 11.3 Å². The Bertz CT molecular complexity index is 265. The minimum Gasteiger partial charge on any atom is -0.330 e. The molecule has 1 heterocycles. The van der Waals surface area contributed by atoms with Crippen LogP contribution in [0.2, 0.25) is 0 Å². The molecular formula is C12H20N2S. The first-order valence-electron chi connectivity index (χ1n) is 5.87. The highest BCUT2D eigenvalue weighted by Gasteiger charge is 2.17. The molecule has 0 aromatic carbocycles. The lowest BCUT2D eigenvalue weighted by Gasteiger charge is -2.17. The van der Waals surface area contributed by atoms with E-state index < -0.39 is 0 Å². The Morgan fingerprint density at radius 3 is 2.87 bits per heavy atom. The lowest BCUT2D eigenvalue weighted by Crippen LogP contribution is -2.32. The number of hydrogen-bond acceptors (Lipinski definition) is 3. The van der Waals surface area contributed by atoms with Crippen molar-refractivity contribution in [3.05, 3.63) is 22.4 Å². The van der Waals surface area contributed by atoms with Crippen LogP contribution in [0.3, 0.4) is 0 Å². The molecule has 1 aliphatic rings. The summed E-state index contributed by atoms with van der Waals surface area (Å²) in [4.78, 5) is 1.42. The molecule has 1 saturated carbocycles. The van der Waals surface area contributed by atoms with Gasteiger partial charge in [-0.1, -0.05) is 18.9 Å². The third kappa shape index (κ3) is 3.03. The van der Waals surface area contributed by atoms with Crippen LogP contribution in [0.15, 0.2) is 17.5 Å². The van der Waals surface area contributed by atoms with Crippen LogP contribution in [0.5, 0.6) is 0 Å². The summed E-state index contributed by atoms with van der Waals surface area (Å²) in [5, 5.41) is 5.78. The van der Waals surface area contributed by atoms with Gasteiger partial charge in [-0.25, -0.2) is 0 Å². The van der Waals surface area contributed by atoms with Gasteiger partial charge in [0, 0.05) is 29.9 Å². The van der Waals surface area contributed by atoms with Crippen LogP contribution in [0.4, 0.5) is 0 Å². The van der Waals surface area contributed by atoms with Gasteiger partial charge in [-0.2, -0.15) is 0 Å². The molecule has 1 fully saturated rings. The number of hydrogen-bond donors (Lipinski definition) is 2. The van der Waals surface area contributed by atoms with Crippen LogP contribution in [0.1, 0.15) is 36.5 Å². The van der Waals surface area contributed by atoms with E-state index in [9.17, 15) is 0 Å². The minimum atomic E-state index is 0.505. The van der Waals surface area contributed by atoms with E-state index in [1.807, 2.05) is 11.3 Å². The first-order chi connectivity index (χ1) is 7.40. The summed E-state index contributed by atoms with van der Waals surface area (Å²) in [6, 6.07) is 5.05. The van der Waals surface area contributed by atoms with Crippen LogP contribution in [0.25, 0.3) is 0 Å². The number of thiophene rings is 1. The quantitative estimate of drug-likeness (QED) is 0.805. The van der Waals surface area contributed by atoms with E-state index in [1.165, 1.54) is 30.6 Å². The fraction of sp³-hybridized carbons (Fsp3) is 0.667. The zero-order chi connectivity index (χ0) is 10.5. The van der Waals surface area contributed by atoms with E-state index >= 15 is 0 Å². The van der Waals surface area contributed by atoms with E-state index in [0.29, 0.717) is 5.92 Å². The molecule has 84 valence electrons. The van der Waals surface area contributed by atoms with Gasteiger partial charge >= 0.3 is 0 Å². The van der Waals surface area contributed by atoms with Crippen LogP contribution in [-0.2, 0) is 0 Å². The number of nitrogens with one attached hydrogen (secondary N) is 1. The summed E-state index contributed by atoms with van der Waals surface area (Å²) in [6.45, 7) is 1.79. The molecule has 3 heteroatoms. The zero-order valence-electron chi connectivity index (χ0n) is 9.11. The van der Waals surface area contributed by atoms with Crippen molar-refractivity contribution < 1.29 is 0 Å². The molecule has 0 saturated heterocycles. The Balaban J connectivity index is 1.80. The topological polar surface area (TPSA) is 38.0 Å². The van der Waals surface area contributed by atoms with Crippen molar-refractivity contribution in [3.63, 3.8) is 0 Å². The highest BCUT2D eigenvalue weighted by molar-refractivity contribution is 7.10. The Morgan fingerprint density at radius 1 is 1.47 bits per heavy atom. The Labute approximate surface area is 95.9 Å². The second kappa shape index (κ2) is 5.64. The van der Waals surface area contributed by atoms with Crippen LogP contribution < -0.4 is 11.1 Å². The fourth-order valence-corrected chi connectivity index (χ4v) is 3.11. The van der Waals surface area contributed by atoms with Crippen molar-refractivity contribution in [2.75, 3.05) is 13.1 Å². The average Bonchev–Trinajstić information content (AvgIpc) is 2.90. The minimum absolute atomic E-state index is 0.505. The highest BCUT2D eigenvalue weighted by atomic mass is 32.1. The van der Waals surface area contributed by atoms with Crippen molar-refractivity contribution in [1.82, 2.24) is 5.32 Å². The van der Waals surface area contributed by atoms with Crippen molar-refractivity contribution in [2.45, 2.75) is 37.6 Å². The van der Waals surface area contributed by atoms with Gasteiger partial charge in [-0.05, 0) is 24.3 Å². The second-order valence-electron chi connectivity index (χ2n) is 4.34. The summed E-state index contributed by atoms with van der Waals surface area (Å²) in [5.74, 6) is 0.505. The van der Waals surface area contributed by atoms with Gasteiger partial charge in [0.25, 0.3) is 0 Å². The molecule has 15 heavy (non-hydrogen) atoms. The molecule has 3 N–H and O–H groups in total. The molecule has 0 bridgehead atoms. The van der Waals surface area contributed by atoms with Gasteiger partial charge in [-0.15, -0.1) is 11.3 Å². The number of rotatable bonds is 5. The normalized spacial score (nSPS) is 19.5. The van der Waals surface area contributed by atoms with Crippen molar-refractivity contribution in [1.29, 1.82) is 0 Å². The first-order valence-corrected chi connectivity index (χ1v) is 6.75. The van der Waals surface area contributed by atoms with Gasteiger partial charge in [0.2, 0.25) is 0 Å². The monoisotopic (exact) mass is 224 g/mol. The maximum absolute atomic E-state index is 5.82. The van der Waals surface area contributed by atoms with Crippen LogP contribution >= 0.6 is 11.3 Å². The predicted molar refractivity (Wildman–Crippen MR) is 66.4 cm³/mol. The molecular weight excluding hydrogens is 204 g/mol. The highest BCUT2D eigenvalue weighted by Crippen LogP contribution is 2.22. The van der Waals surface area contributed by atoms with Gasteiger partial charge in [-0.3, -0.25) is 0 Å². The van der Waals surface area contributed by atoms with E-state index in [1.54, 1.807) is 0 Å². The fourth-order valence-electron chi connectivity index (χ4n) is 2.26. The lowest BCUT2D eigenvalue weighted by molar-refractivity contribution is 0.492. The van der Waals surface area contributed by atoms with E-state index in [2.05, 4.69) is 22.8 Å². The summed E-state index contributed by atoms with van der Waals surface area (Å²) in [5.41, 5.74) is 5.82. The molecule has 0 amide bonds. The van der Waals surface area contributed by atoms with E-state index in [0.717, 1.165) is 19.1 Å². The van der Waals surface area contributed by atoms with Gasteiger partial charge in [0.05, 0.1) is 0 Å². The smallest absolute Gasteiger partial charge is 0.0181 e. The van der Waals surface area contributed by atoms with Crippen molar-refractivity contribution in [3.8, 4) is 0 Å². The zero-order valence-corrected chi connectivity index (χ0v) is 9.93. The van der Waals surface area contributed by atoms with Crippen LogP contribution in [0, 0.1) is 0 Å². The predicted octanol–water partition coefficient (Wildman–Crippen LogP) is 2.32. The largest absolute Gasteiger partial charge is 0.330 e. The summed E-state index contributed by atoms with van der Waals surface area (Å²) in [7, 11) is 0. The lowest BCUT2D eigenvalue weighted by atomic mass is 10.1. The second-order valence-corrected chi connectivity index (χ2v) is 5.32. The Kier molecular flexibility index (Phi) is 4.18. The van der Waals surface area contributed by atoms with Gasteiger partial charge in [0.1, 0.15) is 0 Å². The molecule has 1 atom stereocenters. The third-order valence-corrected chi connectivity index (χ3v) is 4.27. The molecule has 2 nitrogen and oxygen atoms in total. The molecule has 2 rings (SSSR count). The number of nitrogens with two attached hydrogens (primary N) is 1. The van der Waals surface area contributed by atoms with Gasteiger partial charge < -0.3 is 11.1 Å². The van der Waals surface area contributed by atoms with E-state index in [4.69, 9.17) is 5.73 Å². The van der Waals surface area contributed by atoms with Crippen molar-refractivity contribution in [2.24, 2.45) is 5.73 Å². The van der Waals surface area contributed by atoms with Crippen LogP contribution in [-0.4, -0.2) is 19.1 Å². The summed E-state index contributed by atoms with van der Waals surface area (Å²) >= 11 is 1.82. The summed E-state index contributed by atoms with van der Waals surface area (Å²) < 4.78 is 0. The third-order valence-electron chi connectivity index (χ3n) is 3.24. The Hall–Kier alpha value is -0.380. The summed E-state index contributed by atoms with van der Waals surface area (Å²) in [6.07, 6.45) is 5.48. The molecule has 1 unspecified atom stereocenters. The van der Waals surface area contributed by atoms with E-state index in [-0.39, 0.29) is 0 Å². The maximum Gasteiger partial charge on any atom is 0.0181 e. The molecule has 0 radical (unpaired) electrons. The Morgan fingerprint density at radius 2 is 2.27 bits per heavy atom. The average molecular weight is 224 g/mol. The maximum atomic E-state index is 5.82. The molecule has 1 aromatic heterocycles. The molecule has 1 aromatic rings. The molecule has 0 spiro atoms. The van der Waals surface area contributed by atoms with Gasteiger partial charge in [0.15, 0.2) is 0 Å². The first kappa shape index (κ1) is 11.1. The molecule has 1 aliphatic carbocycles. The molecule has 0 aliphatic heterocycles. The standard InChI is InChI=1S/C12H20N2S/c13-8-10(12-6-3-7-15-12)9-14-11-4-1-2-5-11/h3,6-7,10-11,14H,1-2,4-5,8-9,13H2.